The van der Waals surface area contributed by atoms with Crippen LogP contribution in [0.15, 0.2) is 12.1 Å². The van der Waals surface area contributed by atoms with Crippen LogP contribution in [0, 0.1) is 13.8 Å². The Bertz CT molecular complexity index is 310. The van der Waals surface area contributed by atoms with Gasteiger partial charge in [-0.25, -0.2) is 0 Å². The van der Waals surface area contributed by atoms with Crippen molar-refractivity contribution in [3.63, 3.8) is 0 Å². The van der Waals surface area contributed by atoms with Gasteiger partial charge in [0.2, 0.25) is 0 Å². The standard InChI is InChI=1S/C9H13BO3/c1-6-5-9(13-3)7(2)4-8(6)10(11)12/h4-5,11-12H,1-3H3. The Morgan fingerprint density at radius 1 is 1.15 bits per heavy atom. The van der Waals surface area contributed by atoms with Gasteiger partial charge in [-0.15, -0.1) is 0 Å². The highest BCUT2D eigenvalue weighted by molar-refractivity contribution is 6.59. The van der Waals surface area contributed by atoms with E-state index in [1.807, 2.05) is 13.8 Å². The van der Waals surface area contributed by atoms with Crippen LogP contribution in [0.4, 0.5) is 0 Å². The highest BCUT2D eigenvalue weighted by Gasteiger charge is 2.15. The zero-order valence-electron chi connectivity index (χ0n) is 8.03. The van der Waals surface area contributed by atoms with Crippen molar-refractivity contribution in [1.29, 1.82) is 0 Å². The molecule has 1 aromatic rings. The van der Waals surface area contributed by atoms with Crippen LogP contribution < -0.4 is 10.2 Å². The van der Waals surface area contributed by atoms with E-state index in [2.05, 4.69) is 0 Å². The largest absolute Gasteiger partial charge is 0.496 e. The second-order valence-corrected chi connectivity index (χ2v) is 3.05. The molecule has 70 valence electrons. The molecule has 0 saturated carbocycles. The van der Waals surface area contributed by atoms with Gasteiger partial charge in [-0.2, -0.15) is 0 Å². The van der Waals surface area contributed by atoms with Crippen molar-refractivity contribution in [1.82, 2.24) is 0 Å². The van der Waals surface area contributed by atoms with E-state index in [0.717, 1.165) is 16.9 Å². The lowest BCUT2D eigenvalue weighted by atomic mass is 9.76. The first kappa shape index (κ1) is 10.1. The van der Waals surface area contributed by atoms with Gasteiger partial charge in [0, 0.05) is 0 Å². The molecule has 2 N–H and O–H groups in total. The molecule has 0 aliphatic heterocycles. The third-order valence-corrected chi connectivity index (χ3v) is 2.06. The summed E-state index contributed by atoms with van der Waals surface area (Å²) in [4.78, 5) is 0. The molecule has 0 aliphatic carbocycles. The minimum absolute atomic E-state index is 0.526. The Morgan fingerprint density at radius 3 is 2.23 bits per heavy atom. The van der Waals surface area contributed by atoms with Gasteiger partial charge in [0.25, 0.3) is 0 Å². The van der Waals surface area contributed by atoms with E-state index in [4.69, 9.17) is 14.8 Å². The molecule has 13 heavy (non-hydrogen) atoms. The van der Waals surface area contributed by atoms with Crippen LogP contribution in [0.5, 0.6) is 5.75 Å². The maximum atomic E-state index is 9.01. The van der Waals surface area contributed by atoms with Crippen LogP contribution in [0.25, 0.3) is 0 Å². The van der Waals surface area contributed by atoms with Crippen LogP contribution in [-0.4, -0.2) is 24.3 Å². The molecule has 1 aromatic carbocycles. The van der Waals surface area contributed by atoms with E-state index < -0.39 is 7.12 Å². The van der Waals surface area contributed by atoms with Crippen LogP contribution >= 0.6 is 0 Å². The highest BCUT2D eigenvalue weighted by atomic mass is 16.5. The number of hydrogen-bond acceptors (Lipinski definition) is 3. The average Bonchev–Trinajstić information content (AvgIpc) is 2.07. The van der Waals surface area contributed by atoms with E-state index in [9.17, 15) is 0 Å². The number of rotatable bonds is 2. The fourth-order valence-electron chi connectivity index (χ4n) is 1.31. The van der Waals surface area contributed by atoms with Crippen LogP contribution in [0.1, 0.15) is 11.1 Å². The van der Waals surface area contributed by atoms with Crippen molar-refractivity contribution in [2.24, 2.45) is 0 Å². The molecule has 0 fully saturated rings. The number of aryl methyl sites for hydroxylation is 2. The van der Waals surface area contributed by atoms with Crippen LogP contribution in [-0.2, 0) is 0 Å². The maximum Gasteiger partial charge on any atom is 0.488 e. The predicted octanol–water partition coefficient (Wildman–Crippen LogP) is -0.00816. The molecule has 1 rings (SSSR count). The molecule has 0 aliphatic rings. The van der Waals surface area contributed by atoms with E-state index in [1.54, 1.807) is 19.2 Å². The molecule has 0 heterocycles. The topological polar surface area (TPSA) is 49.7 Å². The first-order valence-electron chi connectivity index (χ1n) is 4.07. The molecular weight excluding hydrogens is 167 g/mol. The highest BCUT2D eigenvalue weighted by Crippen LogP contribution is 2.17. The van der Waals surface area contributed by atoms with Gasteiger partial charge in [0.15, 0.2) is 0 Å². The second kappa shape index (κ2) is 3.81. The van der Waals surface area contributed by atoms with Crippen molar-refractivity contribution in [3.05, 3.63) is 23.3 Å². The first-order valence-corrected chi connectivity index (χ1v) is 4.07. The smallest absolute Gasteiger partial charge is 0.488 e. The lowest BCUT2D eigenvalue weighted by molar-refractivity contribution is 0.410. The Balaban J connectivity index is 3.20. The van der Waals surface area contributed by atoms with Gasteiger partial charge >= 0.3 is 7.12 Å². The summed E-state index contributed by atoms with van der Waals surface area (Å²) in [5, 5.41) is 18.0. The molecule has 0 radical (unpaired) electrons. The molecule has 0 amide bonds. The summed E-state index contributed by atoms with van der Waals surface area (Å²) in [6.45, 7) is 3.68. The van der Waals surface area contributed by atoms with Crippen molar-refractivity contribution in [2.45, 2.75) is 13.8 Å². The quantitative estimate of drug-likeness (QED) is 0.629. The van der Waals surface area contributed by atoms with Gasteiger partial charge in [0.1, 0.15) is 5.75 Å². The lowest BCUT2D eigenvalue weighted by Crippen LogP contribution is -2.32. The Morgan fingerprint density at radius 2 is 1.77 bits per heavy atom. The Kier molecular flexibility index (Phi) is 2.96. The molecule has 0 bridgehead atoms. The number of ether oxygens (including phenoxy) is 1. The molecule has 0 spiro atoms. The van der Waals surface area contributed by atoms with Crippen molar-refractivity contribution in [2.75, 3.05) is 7.11 Å². The first-order chi connectivity index (χ1) is 6.06. The van der Waals surface area contributed by atoms with Gasteiger partial charge in [0.05, 0.1) is 7.11 Å². The van der Waals surface area contributed by atoms with Crippen molar-refractivity contribution in [3.8, 4) is 5.75 Å². The van der Waals surface area contributed by atoms with Gasteiger partial charge in [-0.3, -0.25) is 0 Å². The number of benzene rings is 1. The predicted molar refractivity (Wildman–Crippen MR) is 52.3 cm³/mol. The average molecular weight is 180 g/mol. The third-order valence-electron chi connectivity index (χ3n) is 2.06. The molecule has 4 heteroatoms. The molecule has 3 nitrogen and oxygen atoms in total. The van der Waals surface area contributed by atoms with Gasteiger partial charge in [-0.1, -0.05) is 6.07 Å². The van der Waals surface area contributed by atoms with E-state index in [-0.39, 0.29) is 0 Å². The zero-order chi connectivity index (χ0) is 10.0. The van der Waals surface area contributed by atoms with Crippen molar-refractivity contribution < 1.29 is 14.8 Å². The van der Waals surface area contributed by atoms with Crippen molar-refractivity contribution >= 4 is 12.6 Å². The van der Waals surface area contributed by atoms with Gasteiger partial charge < -0.3 is 14.8 Å². The Hall–Kier alpha value is -0.995. The molecule has 0 unspecified atom stereocenters. The number of hydrogen-bond donors (Lipinski definition) is 2. The second-order valence-electron chi connectivity index (χ2n) is 3.05. The third kappa shape index (κ3) is 2.02. The zero-order valence-corrected chi connectivity index (χ0v) is 8.03. The minimum Gasteiger partial charge on any atom is -0.496 e. The summed E-state index contributed by atoms with van der Waals surface area (Å²) in [5.74, 6) is 0.766. The minimum atomic E-state index is -1.41. The summed E-state index contributed by atoms with van der Waals surface area (Å²) < 4.78 is 5.10. The fourth-order valence-corrected chi connectivity index (χ4v) is 1.31. The summed E-state index contributed by atoms with van der Waals surface area (Å²) in [5.41, 5.74) is 2.24. The van der Waals surface area contributed by atoms with E-state index in [0.29, 0.717) is 5.46 Å². The molecule has 0 saturated heterocycles. The van der Waals surface area contributed by atoms with Gasteiger partial charge in [-0.05, 0) is 36.5 Å². The van der Waals surface area contributed by atoms with E-state index >= 15 is 0 Å². The summed E-state index contributed by atoms with van der Waals surface area (Å²) in [6, 6.07) is 3.52. The van der Waals surface area contributed by atoms with Crippen LogP contribution in [0.2, 0.25) is 0 Å². The normalized spacial score (nSPS) is 9.92. The molecule has 0 aromatic heterocycles. The molecule has 0 atom stereocenters. The summed E-state index contributed by atoms with van der Waals surface area (Å²) >= 11 is 0. The summed E-state index contributed by atoms with van der Waals surface area (Å²) in [7, 11) is 0.182. The summed E-state index contributed by atoms with van der Waals surface area (Å²) in [6.07, 6.45) is 0. The number of methoxy groups -OCH3 is 1. The molecular formula is C9H13BO3. The van der Waals surface area contributed by atoms with E-state index in [1.165, 1.54) is 0 Å². The maximum absolute atomic E-state index is 9.01. The Labute approximate surface area is 78.1 Å². The fraction of sp³-hybridized carbons (Fsp3) is 0.333. The SMILES string of the molecule is COc1cc(C)c(B(O)O)cc1C. The lowest BCUT2D eigenvalue weighted by Gasteiger charge is -2.10. The monoisotopic (exact) mass is 180 g/mol. The van der Waals surface area contributed by atoms with Crippen LogP contribution in [0.3, 0.4) is 0 Å².